The van der Waals surface area contributed by atoms with Gasteiger partial charge in [-0.3, -0.25) is 4.79 Å². The minimum Gasteiger partial charge on any atom is -0.345 e. The van der Waals surface area contributed by atoms with Crippen molar-refractivity contribution in [2.45, 2.75) is 6.92 Å². The highest BCUT2D eigenvalue weighted by Crippen LogP contribution is 1.83. The van der Waals surface area contributed by atoms with Gasteiger partial charge in [-0.2, -0.15) is 12.6 Å². The summed E-state index contributed by atoms with van der Waals surface area (Å²) in [6.07, 6.45) is 0. The molecule has 0 aliphatic heterocycles. The Kier molecular flexibility index (Phi) is 3.69. The van der Waals surface area contributed by atoms with Gasteiger partial charge in [0, 0.05) is 26.3 Å². The number of carbonyl (C=O) groups excluding carboxylic acids is 1. The molecule has 0 heterocycles. The quantitative estimate of drug-likeness (QED) is 0.540. The van der Waals surface area contributed by atoms with Crippen molar-refractivity contribution >= 4 is 18.5 Å². The van der Waals surface area contributed by atoms with Gasteiger partial charge in [0.25, 0.3) is 0 Å². The van der Waals surface area contributed by atoms with Crippen LogP contribution in [-0.4, -0.2) is 30.2 Å². The lowest BCUT2D eigenvalue weighted by Gasteiger charge is -2.11. The van der Waals surface area contributed by atoms with Crippen LogP contribution in [0, 0.1) is 0 Å². The SMILES string of the molecule is CC(=O)N(C)CCS. The third-order valence-corrected chi connectivity index (χ3v) is 1.17. The Balaban J connectivity index is 3.32. The fourth-order valence-electron chi connectivity index (χ4n) is 0.307. The fraction of sp³-hybridized carbons (Fsp3) is 0.800. The number of amides is 1. The highest BCUT2D eigenvalue weighted by atomic mass is 32.1. The van der Waals surface area contributed by atoms with Crippen molar-refractivity contribution in [2.75, 3.05) is 19.3 Å². The van der Waals surface area contributed by atoms with E-state index in [1.165, 1.54) is 0 Å². The molecular weight excluding hydrogens is 122 g/mol. The summed E-state index contributed by atoms with van der Waals surface area (Å²) in [5, 5.41) is 0. The van der Waals surface area contributed by atoms with E-state index in [2.05, 4.69) is 12.6 Å². The Hall–Kier alpha value is -0.180. The summed E-state index contributed by atoms with van der Waals surface area (Å²) in [7, 11) is 1.76. The molecule has 0 aliphatic carbocycles. The van der Waals surface area contributed by atoms with E-state index in [1.54, 1.807) is 18.9 Å². The Bertz CT molecular complexity index is 84.5. The van der Waals surface area contributed by atoms with Crippen molar-refractivity contribution in [3.8, 4) is 0 Å². The summed E-state index contributed by atoms with van der Waals surface area (Å²) in [4.78, 5) is 12.1. The number of hydrogen-bond acceptors (Lipinski definition) is 2. The highest BCUT2D eigenvalue weighted by molar-refractivity contribution is 7.80. The second-order valence-electron chi connectivity index (χ2n) is 1.66. The van der Waals surface area contributed by atoms with E-state index in [0.717, 1.165) is 12.3 Å². The number of carbonyl (C=O) groups is 1. The van der Waals surface area contributed by atoms with Gasteiger partial charge >= 0.3 is 0 Å². The summed E-state index contributed by atoms with van der Waals surface area (Å²) in [5.41, 5.74) is 0. The molecule has 0 aromatic rings. The average Bonchev–Trinajstić information content (AvgIpc) is 1.67. The van der Waals surface area contributed by atoms with Crippen LogP contribution in [0.25, 0.3) is 0 Å². The maximum absolute atomic E-state index is 10.4. The molecule has 0 saturated carbocycles. The zero-order valence-corrected chi connectivity index (χ0v) is 6.11. The lowest BCUT2D eigenvalue weighted by molar-refractivity contribution is -0.127. The van der Waals surface area contributed by atoms with E-state index >= 15 is 0 Å². The molecule has 0 spiro atoms. The number of hydrogen-bond donors (Lipinski definition) is 1. The first-order valence-electron chi connectivity index (χ1n) is 2.51. The van der Waals surface area contributed by atoms with E-state index in [-0.39, 0.29) is 5.91 Å². The van der Waals surface area contributed by atoms with Gasteiger partial charge in [-0.05, 0) is 0 Å². The van der Waals surface area contributed by atoms with Crippen molar-refractivity contribution in [3.63, 3.8) is 0 Å². The third-order valence-electron chi connectivity index (χ3n) is 0.973. The van der Waals surface area contributed by atoms with Crippen LogP contribution in [-0.2, 0) is 4.79 Å². The molecule has 0 aromatic heterocycles. The first-order chi connectivity index (χ1) is 3.68. The Morgan fingerprint density at radius 2 is 2.25 bits per heavy atom. The average molecular weight is 133 g/mol. The molecule has 0 aromatic carbocycles. The van der Waals surface area contributed by atoms with Gasteiger partial charge in [0.05, 0.1) is 0 Å². The monoisotopic (exact) mass is 133 g/mol. The van der Waals surface area contributed by atoms with Crippen molar-refractivity contribution in [1.82, 2.24) is 4.90 Å². The largest absolute Gasteiger partial charge is 0.345 e. The normalized spacial score (nSPS) is 8.88. The molecule has 2 nitrogen and oxygen atoms in total. The maximum Gasteiger partial charge on any atom is 0.219 e. The molecule has 0 unspecified atom stereocenters. The minimum absolute atomic E-state index is 0.0963. The van der Waals surface area contributed by atoms with Crippen molar-refractivity contribution in [1.29, 1.82) is 0 Å². The van der Waals surface area contributed by atoms with Crippen molar-refractivity contribution in [3.05, 3.63) is 0 Å². The first kappa shape index (κ1) is 7.82. The predicted octanol–water partition coefficient (Wildman–Crippen LogP) is 0.395. The second kappa shape index (κ2) is 3.78. The Morgan fingerprint density at radius 1 is 1.75 bits per heavy atom. The molecule has 48 valence electrons. The number of nitrogens with zero attached hydrogens (tertiary/aromatic N) is 1. The smallest absolute Gasteiger partial charge is 0.219 e. The maximum atomic E-state index is 10.4. The Labute approximate surface area is 55.3 Å². The molecular formula is C5H11NOS. The fourth-order valence-corrected chi connectivity index (χ4v) is 0.607. The van der Waals surface area contributed by atoms with E-state index in [4.69, 9.17) is 0 Å². The molecule has 0 bridgehead atoms. The van der Waals surface area contributed by atoms with Gasteiger partial charge in [0.15, 0.2) is 0 Å². The minimum atomic E-state index is 0.0963. The number of rotatable bonds is 2. The third kappa shape index (κ3) is 2.91. The molecule has 0 aliphatic rings. The van der Waals surface area contributed by atoms with Crippen molar-refractivity contribution < 1.29 is 4.79 Å². The van der Waals surface area contributed by atoms with Crippen LogP contribution in [0.5, 0.6) is 0 Å². The van der Waals surface area contributed by atoms with E-state index in [9.17, 15) is 4.79 Å². The van der Waals surface area contributed by atoms with E-state index < -0.39 is 0 Å². The second-order valence-corrected chi connectivity index (χ2v) is 2.11. The van der Waals surface area contributed by atoms with Crippen LogP contribution in [0.2, 0.25) is 0 Å². The van der Waals surface area contributed by atoms with Gasteiger partial charge in [-0.1, -0.05) is 0 Å². The van der Waals surface area contributed by atoms with Gasteiger partial charge in [-0.25, -0.2) is 0 Å². The molecule has 0 fully saturated rings. The zero-order chi connectivity index (χ0) is 6.57. The molecule has 0 rings (SSSR count). The van der Waals surface area contributed by atoms with Gasteiger partial charge in [-0.15, -0.1) is 0 Å². The van der Waals surface area contributed by atoms with Crippen LogP contribution in [0.4, 0.5) is 0 Å². The molecule has 3 heteroatoms. The lowest BCUT2D eigenvalue weighted by atomic mass is 10.5. The van der Waals surface area contributed by atoms with Crippen LogP contribution in [0.1, 0.15) is 6.92 Å². The highest BCUT2D eigenvalue weighted by Gasteiger charge is 1.96. The molecule has 0 atom stereocenters. The molecule has 0 saturated heterocycles. The van der Waals surface area contributed by atoms with Gasteiger partial charge in [0.2, 0.25) is 5.91 Å². The summed E-state index contributed by atoms with van der Waals surface area (Å²) in [6, 6.07) is 0. The van der Waals surface area contributed by atoms with Crippen molar-refractivity contribution in [2.24, 2.45) is 0 Å². The molecule has 0 radical (unpaired) electrons. The van der Waals surface area contributed by atoms with Gasteiger partial charge in [0.1, 0.15) is 0 Å². The van der Waals surface area contributed by atoms with E-state index in [1.807, 2.05) is 0 Å². The van der Waals surface area contributed by atoms with Crippen LogP contribution in [0.15, 0.2) is 0 Å². The lowest BCUT2D eigenvalue weighted by Crippen LogP contribution is -2.25. The summed E-state index contributed by atoms with van der Waals surface area (Å²) in [5.74, 6) is 0.829. The van der Waals surface area contributed by atoms with Crippen LogP contribution >= 0.6 is 12.6 Å². The summed E-state index contributed by atoms with van der Waals surface area (Å²) < 4.78 is 0. The summed E-state index contributed by atoms with van der Waals surface area (Å²) >= 11 is 3.96. The Morgan fingerprint density at radius 3 is 2.38 bits per heavy atom. The molecule has 1 amide bonds. The van der Waals surface area contributed by atoms with Gasteiger partial charge < -0.3 is 4.90 Å². The topological polar surface area (TPSA) is 20.3 Å². The molecule has 8 heavy (non-hydrogen) atoms. The van der Waals surface area contributed by atoms with Crippen LogP contribution in [0.3, 0.4) is 0 Å². The molecule has 0 N–H and O–H groups in total. The number of thiol groups is 1. The predicted molar refractivity (Wildman–Crippen MR) is 37.2 cm³/mol. The van der Waals surface area contributed by atoms with Crippen LogP contribution < -0.4 is 0 Å². The zero-order valence-electron chi connectivity index (χ0n) is 5.22. The standard InChI is InChI=1S/C5H11NOS/c1-5(7)6(2)3-4-8/h8H,3-4H2,1-2H3. The van der Waals surface area contributed by atoms with E-state index in [0.29, 0.717) is 0 Å². The first-order valence-corrected chi connectivity index (χ1v) is 3.14. The summed E-state index contributed by atoms with van der Waals surface area (Å²) in [6.45, 7) is 2.28.